The highest BCUT2D eigenvalue weighted by Crippen LogP contribution is 2.15. The zero-order valence-corrected chi connectivity index (χ0v) is 9.24. The molecule has 1 atom stereocenters. The second-order valence-corrected chi connectivity index (χ2v) is 3.31. The number of hydrogen-bond donors (Lipinski definition) is 1. The van der Waals surface area contributed by atoms with Crippen molar-refractivity contribution in [1.82, 2.24) is 5.32 Å². The second-order valence-electron chi connectivity index (χ2n) is 3.31. The molecule has 16 heavy (non-hydrogen) atoms. The van der Waals surface area contributed by atoms with E-state index < -0.39 is 0 Å². The molecule has 0 aliphatic heterocycles. The van der Waals surface area contributed by atoms with Gasteiger partial charge in [0.05, 0.1) is 18.7 Å². The van der Waals surface area contributed by atoms with Gasteiger partial charge < -0.3 is 10.1 Å². The van der Waals surface area contributed by atoms with Crippen molar-refractivity contribution in [3.05, 3.63) is 30.1 Å². The van der Waals surface area contributed by atoms with Gasteiger partial charge in [-0.3, -0.25) is 0 Å². The summed E-state index contributed by atoms with van der Waals surface area (Å²) in [5.41, 5.74) is 0. The highest BCUT2D eigenvalue weighted by Gasteiger charge is 2.06. The highest BCUT2D eigenvalue weighted by molar-refractivity contribution is 5.23. The van der Waals surface area contributed by atoms with Gasteiger partial charge in [-0.15, -0.1) is 0 Å². The monoisotopic (exact) mass is 222 g/mol. The van der Waals surface area contributed by atoms with Crippen molar-refractivity contribution >= 4 is 0 Å². The van der Waals surface area contributed by atoms with E-state index in [1.54, 1.807) is 18.2 Å². The molecule has 0 aromatic heterocycles. The van der Waals surface area contributed by atoms with Crippen molar-refractivity contribution in [1.29, 1.82) is 5.26 Å². The molecule has 0 bridgehead atoms. The number of nitriles is 1. The van der Waals surface area contributed by atoms with Crippen molar-refractivity contribution in [2.75, 3.05) is 13.2 Å². The minimum Gasteiger partial charge on any atom is -0.490 e. The van der Waals surface area contributed by atoms with Gasteiger partial charge >= 0.3 is 0 Å². The van der Waals surface area contributed by atoms with E-state index >= 15 is 0 Å². The lowest BCUT2D eigenvalue weighted by molar-refractivity contribution is 0.285. The Bertz CT molecular complexity index is 362. The fourth-order valence-corrected chi connectivity index (χ4v) is 1.31. The Balaban J connectivity index is 2.36. The standard InChI is InChI=1S/C12H15FN2O/c1-2-15-10(9-14)7-8-16-12-6-4-3-5-11(12)13/h3-6,10,15H,2,7-8H2,1H3. The number of halogens is 1. The Hall–Kier alpha value is -1.60. The number of benzene rings is 1. The molecule has 0 amide bonds. The molecule has 1 rings (SSSR count). The fourth-order valence-electron chi connectivity index (χ4n) is 1.31. The summed E-state index contributed by atoms with van der Waals surface area (Å²) < 4.78 is 18.4. The van der Waals surface area contributed by atoms with Crippen LogP contribution in [-0.2, 0) is 0 Å². The molecular formula is C12H15FN2O. The van der Waals surface area contributed by atoms with Crippen LogP contribution in [0.1, 0.15) is 13.3 Å². The first kappa shape index (κ1) is 12.5. The Morgan fingerprint density at radius 3 is 2.88 bits per heavy atom. The number of ether oxygens (including phenoxy) is 1. The third kappa shape index (κ3) is 3.87. The lowest BCUT2D eigenvalue weighted by Gasteiger charge is -2.11. The predicted molar refractivity (Wildman–Crippen MR) is 59.6 cm³/mol. The van der Waals surface area contributed by atoms with Crippen LogP contribution in [-0.4, -0.2) is 19.2 Å². The Morgan fingerprint density at radius 1 is 1.50 bits per heavy atom. The van der Waals surface area contributed by atoms with E-state index in [4.69, 9.17) is 10.00 Å². The molecule has 0 saturated carbocycles. The molecule has 0 aliphatic rings. The van der Waals surface area contributed by atoms with Crippen LogP contribution in [0, 0.1) is 17.1 Å². The molecule has 86 valence electrons. The van der Waals surface area contributed by atoms with E-state index in [1.807, 2.05) is 6.92 Å². The summed E-state index contributed by atoms with van der Waals surface area (Å²) in [5, 5.41) is 11.8. The Morgan fingerprint density at radius 2 is 2.25 bits per heavy atom. The molecule has 0 aliphatic carbocycles. The maximum atomic E-state index is 13.1. The quantitative estimate of drug-likeness (QED) is 0.801. The lowest BCUT2D eigenvalue weighted by atomic mass is 10.2. The summed E-state index contributed by atoms with van der Waals surface area (Å²) in [4.78, 5) is 0. The third-order valence-electron chi connectivity index (χ3n) is 2.11. The fraction of sp³-hybridized carbons (Fsp3) is 0.417. The Kier molecular flexibility index (Phi) is 5.30. The van der Waals surface area contributed by atoms with Crippen molar-refractivity contribution in [3.63, 3.8) is 0 Å². The van der Waals surface area contributed by atoms with Gasteiger partial charge in [-0.25, -0.2) is 4.39 Å². The molecule has 0 fully saturated rings. The van der Waals surface area contributed by atoms with Crippen LogP contribution in [0.4, 0.5) is 4.39 Å². The topological polar surface area (TPSA) is 45.0 Å². The maximum Gasteiger partial charge on any atom is 0.165 e. The van der Waals surface area contributed by atoms with E-state index in [9.17, 15) is 4.39 Å². The minimum absolute atomic E-state index is 0.232. The molecule has 1 aromatic rings. The molecular weight excluding hydrogens is 207 g/mol. The predicted octanol–water partition coefficient (Wildman–Crippen LogP) is 2.10. The smallest absolute Gasteiger partial charge is 0.165 e. The molecule has 4 heteroatoms. The average Bonchev–Trinajstić information content (AvgIpc) is 2.30. The first-order valence-corrected chi connectivity index (χ1v) is 5.28. The molecule has 0 saturated heterocycles. The second kappa shape index (κ2) is 6.81. The van der Waals surface area contributed by atoms with Gasteiger partial charge in [0, 0.05) is 6.42 Å². The van der Waals surface area contributed by atoms with Crippen molar-refractivity contribution < 1.29 is 9.13 Å². The molecule has 0 spiro atoms. The molecule has 1 unspecified atom stereocenters. The number of para-hydroxylation sites is 1. The number of rotatable bonds is 6. The maximum absolute atomic E-state index is 13.1. The van der Waals surface area contributed by atoms with Gasteiger partial charge in [0.1, 0.15) is 0 Å². The average molecular weight is 222 g/mol. The largest absolute Gasteiger partial charge is 0.490 e. The molecule has 3 nitrogen and oxygen atoms in total. The summed E-state index contributed by atoms with van der Waals surface area (Å²) in [7, 11) is 0. The first-order valence-electron chi connectivity index (χ1n) is 5.28. The first-order chi connectivity index (χ1) is 7.77. The number of hydrogen-bond acceptors (Lipinski definition) is 3. The molecule has 0 radical (unpaired) electrons. The van der Waals surface area contributed by atoms with Gasteiger partial charge in [-0.1, -0.05) is 19.1 Å². The summed E-state index contributed by atoms with van der Waals surface area (Å²) in [5.74, 6) is -0.143. The highest BCUT2D eigenvalue weighted by atomic mass is 19.1. The molecule has 1 aromatic carbocycles. The van der Waals surface area contributed by atoms with Crippen LogP contribution >= 0.6 is 0 Å². The summed E-state index contributed by atoms with van der Waals surface area (Å²) in [6.45, 7) is 2.99. The van der Waals surface area contributed by atoms with Crippen LogP contribution < -0.4 is 10.1 Å². The van der Waals surface area contributed by atoms with Gasteiger partial charge in [0.15, 0.2) is 11.6 Å². The van der Waals surface area contributed by atoms with Crippen molar-refractivity contribution in [3.8, 4) is 11.8 Å². The van der Waals surface area contributed by atoms with Crippen molar-refractivity contribution in [2.45, 2.75) is 19.4 Å². The van der Waals surface area contributed by atoms with Crippen molar-refractivity contribution in [2.24, 2.45) is 0 Å². The van der Waals surface area contributed by atoms with Crippen LogP contribution in [0.25, 0.3) is 0 Å². The van der Waals surface area contributed by atoms with Crippen LogP contribution in [0.5, 0.6) is 5.75 Å². The lowest BCUT2D eigenvalue weighted by Crippen LogP contribution is -2.28. The van der Waals surface area contributed by atoms with E-state index in [2.05, 4.69) is 11.4 Å². The third-order valence-corrected chi connectivity index (χ3v) is 2.11. The summed E-state index contributed by atoms with van der Waals surface area (Å²) >= 11 is 0. The van der Waals surface area contributed by atoms with E-state index in [0.717, 1.165) is 6.54 Å². The van der Waals surface area contributed by atoms with Gasteiger partial charge in [-0.05, 0) is 18.7 Å². The number of nitrogens with zero attached hydrogens (tertiary/aromatic N) is 1. The summed E-state index contributed by atoms with van der Waals surface area (Å²) in [6.07, 6.45) is 0.540. The van der Waals surface area contributed by atoms with Crippen LogP contribution in [0.15, 0.2) is 24.3 Å². The summed E-state index contributed by atoms with van der Waals surface area (Å²) in [6, 6.07) is 8.12. The van der Waals surface area contributed by atoms with Gasteiger partial charge in [0.25, 0.3) is 0 Å². The van der Waals surface area contributed by atoms with Crippen LogP contribution in [0.3, 0.4) is 0 Å². The van der Waals surface area contributed by atoms with E-state index in [-0.39, 0.29) is 17.6 Å². The number of nitrogens with one attached hydrogen (secondary N) is 1. The minimum atomic E-state index is -0.376. The Labute approximate surface area is 94.8 Å². The van der Waals surface area contributed by atoms with E-state index in [1.165, 1.54) is 6.07 Å². The normalized spacial score (nSPS) is 11.8. The van der Waals surface area contributed by atoms with Gasteiger partial charge in [0.2, 0.25) is 0 Å². The zero-order chi connectivity index (χ0) is 11.8. The van der Waals surface area contributed by atoms with Crippen LogP contribution in [0.2, 0.25) is 0 Å². The molecule has 1 N–H and O–H groups in total. The SMILES string of the molecule is CCNC(C#N)CCOc1ccccc1F. The zero-order valence-electron chi connectivity index (χ0n) is 9.24. The van der Waals surface area contributed by atoms with E-state index in [0.29, 0.717) is 13.0 Å². The van der Waals surface area contributed by atoms with Gasteiger partial charge in [-0.2, -0.15) is 5.26 Å². The molecule has 0 heterocycles.